The predicted molar refractivity (Wildman–Crippen MR) is 85.4 cm³/mol. The number of morpholine rings is 1. The fourth-order valence-corrected chi connectivity index (χ4v) is 5.78. The van der Waals surface area contributed by atoms with Gasteiger partial charge in [0.1, 0.15) is 0 Å². The summed E-state index contributed by atoms with van der Waals surface area (Å²) in [7, 11) is -3.13. The molecule has 3 aliphatic rings. The second-order valence-electron chi connectivity index (χ2n) is 6.55. The van der Waals surface area contributed by atoms with Crippen molar-refractivity contribution in [2.75, 3.05) is 25.0 Å². The Kier molecular flexibility index (Phi) is 3.98. The van der Waals surface area contributed by atoms with E-state index in [1.54, 1.807) is 22.8 Å². The molecule has 4 rings (SSSR count). The van der Waals surface area contributed by atoms with E-state index in [0.717, 1.165) is 25.7 Å². The Hall–Kier alpha value is -1.25. The summed E-state index contributed by atoms with van der Waals surface area (Å²) in [6.07, 6.45) is 6.85. The van der Waals surface area contributed by atoms with Crippen molar-refractivity contribution in [3.8, 4) is 0 Å². The minimum atomic E-state index is -3.13. The lowest BCUT2D eigenvalue weighted by molar-refractivity contribution is -0.0434. The average Bonchev–Trinajstić information content (AvgIpc) is 3.35. The van der Waals surface area contributed by atoms with Crippen molar-refractivity contribution in [2.45, 2.75) is 43.1 Å². The maximum atomic E-state index is 12.6. The van der Waals surface area contributed by atoms with Gasteiger partial charge in [0, 0.05) is 31.4 Å². The summed E-state index contributed by atoms with van der Waals surface area (Å²) >= 11 is 0. The number of nitrogens with zero attached hydrogens (tertiary/aromatic N) is 3. The second kappa shape index (κ2) is 5.99. The van der Waals surface area contributed by atoms with Gasteiger partial charge in [-0.1, -0.05) is 0 Å². The molecular formula is C15H22N4O3S. The fraction of sp³-hybridized carbons (Fsp3) is 0.733. The van der Waals surface area contributed by atoms with Gasteiger partial charge >= 0.3 is 0 Å². The minimum absolute atomic E-state index is 0.00200. The molecule has 1 aliphatic heterocycles. The van der Waals surface area contributed by atoms with Crippen LogP contribution in [-0.4, -0.2) is 59.8 Å². The maximum absolute atomic E-state index is 12.6. The molecule has 0 bridgehead atoms. The molecule has 2 heterocycles. The molecule has 1 N–H and O–H groups in total. The standard InChI is InChI=1S/C15H22N4O3S/c20-23(21,12-3-4-12)19-8-9-22-14-11(2-5-13(14)19)10-18-15-16-6-1-7-17-15/h1,6-7,11-14H,2-5,8-10H2,(H,16,17,18)/t11-,13-,14+/m0/s1. The van der Waals surface area contributed by atoms with Gasteiger partial charge in [-0.2, -0.15) is 4.31 Å². The summed E-state index contributed by atoms with van der Waals surface area (Å²) in [5, 5.41) is 3.10. The van der Waals surface area contributed by atoms with Crippen molar-refractivity contribution in [1.82, 2.24) is 14.3 Å². The summed E-state index contributed by atoms with van der Waals surface area (Å²) in [4.78, 5) is 8.32. The molecule has 0 radical (unpaired) electrons. The van der Waals surface area contributed by atoms with Gasteiger partial charge in [-0.3, -0.25) is 0 Å². The Morgan fingerprint density at radius 2 is 2.00 bits per heavy atom. The van der Waals surface area contributed by atoms with E-state index in [1.165, 1.54) is 0 Å². The van der Waals surface area contributed by atoms with E-state index in [4.69, 9.17) is 4.74 Å². The number of hydrogen-bond acceptors (Lipinski definition) is 6. The number of aromatic nitrogens is 2. The van der Waals surface area contributed by atoms with Crippen molar-refractivity contribution >= 4 is 16.0 Å². The van der Waals surface area contributed by atoms with Gasteiger partial charge in [0.25, 0.3) is 0 Å². The topological polar surface area (TPSA) is 84.4 Å². The molecule has 8 heteroatoms. The lowest BCUT2D eigenvalue weighted by Gasteiger charge is -2.38. The summed E-state index contributed by atoms with van der Waals surface area (Å²) in [6, 6.07) is 1.78. The van der Waals surface area contributed by atoms with Crippen LogP contribution in [0.4, 0.5) is 5.95 Å². The zero-order chi connectivity index (χ0) is 15.9. The van der Waals surface area contributed by atoms with E-state index >= 15 is 0 Å². The highest BCUT2D eigenvalue weighted by molar-refractivity contribution is 7.90. The predicted octanol–water partition coefficient (Wildman–Crippen LogP) is 0.860. The number of nitrogens with one attached hydrogen (secondary N) is 1. The molecule has 7 nitrogen and oxygen atoms in total. The van der Waals surface area contributed by atoms with Crippen LogP contribution in [0.15, 0.2) is 18.5 Å². The van der Waals surface area contributed by atoms with Crippen molar-refractivity contribution in [2.24, 2.45) is 5.92 Å². The molecule has 126 valence electrons. The quantitative estimate of drug-likeness (QED) is 0.857. The largest absolute Gasteiger partial charge is 0.375 e. The van der Waals surface area contributed by atoms with Gasteiger partial charge in [-0.25, -0.2) is 18.4 Å². The first-order valence-corrected chi connectivity index (χ1v) is 9.80. The number of rotatable bonds is 5. The van der Waals surface area contributed by atoms with Crippen molar-refractivity contribution in [1.29, 1.82) is 0 Å². The van der Waals surface area contributed by atoms with Gasteiger partial charge in [0.05, 0.1) is 24.0 Å². The summed E-state index contributed by atoms with van der Waals surface area (Å²) in [5.74, 6) is 0.898. The Morgan fingerprint density at radius 1 is 1.22 bits per heavy atom. The molecular weight excluding hydrogens is 316 g/mol. The first kappa shape index (κ1) is 15.3. The zero-order valence-electron chi connectivity index (χ0n) is 13.0. The monoisotopic (exact) mass is 338 g/mol. The average molecular weight is 338 g/mol. The Balaban J connectivity index is 1.43. The highest BCUT2D eigenvalue weighted by Gasteiger charge is 2.50. The molecule has 2 aliphatic carbocycles. The van der Waals surface area contributed by atoms with Crippen molar-refractivity contribution in [3.63, 3.8) is 0 Å². The Bertz CT molecular complexity index is 650. The van der Waals surface area contributed by atoms with Crippen LogP contribution in [0, 0.1) is 5.92 Å². The summed E-state index contributed by atoms with van der Waals surface area (Å²) < 4.78 is 32.9. The van der Waals surface area contributed by atoms with Crippen LogP contribution in [-0.2, 0) is 14.8 Å². The van der Waals surface area contributed by atoms with E-state index < -0.39 is 10.0 Å². The molecule has 3 atom stereocenters. The van der Waals surface area contributed by atoms with E-state index in [2.05, 4.69) is 15.3 Å². The van der Waals surface area contributed by atoms with E-state index in [-0.39, 0.29) is 17.4 Å². The van der Waals surface area contributed by atoms with Gasteiger partial charge in [0.15, 0.2) is 0 Å². The van der Waals surface area contributed by atoms with Crippen LogP contribution in [0.3, 0.4) is 0 Å². The number of sulfonamides is 1. The second-order valence-corrected chi connectivity index (χ2v) is 8.71. The molecule has 0 aromatic carbocycles. The maximum Gasteiger partial charge on any atom is 0.222 e. The number of hydrogen-bond donors (Lipinski definition) is 1. The van der Waals surface area contributed by atoms with E-state index in [9.17, 15) is 8.42 Å². The normalized spacial score (nSPS) is 31.7. The Morgan fingerprint density at radius 3 is 2.74 bits per heavy atom. The van der Waals surface area contributed by atoms with Crippen LogP contribution in [0.25, 0.3) is 0 Å². The molecule has 1 saturated heterocycles. The fourth-order valence-electron chi connectivity index (χ4n) is 3.73. The summed E-state index contributed by atoms with van der Waals surface area (Å²) in [5.41, 5.74) is 0. The van der Waals surface area contributed by atoms with Crippen molar-refractivity contribution < 1.29 is 13.2 Å². The zero-order valence-corrected chi connectivity index (χ0v) is 13.8. The molecule has 0 spiro atoms. The van der Waals surface area contributed by atoms with Crippen LogP contribution in [0.1, 0.15) is 25.7 Å². The molecule has 1 aromatic heterocycles. The van der Waals surface area contributed by atoms with Gasteiger partial charge in [-0.05, 0) is 31.7 Å². The molecule has 0 unspecified atom stereocenters. The number of fused-ring (bicyclic) bond motifs is 1. The molecule has 0 amide bonds. The van der Waals surface area contributed by atoms with E-state index in [0.29, 0.717) is 31.6 Å². The molecule has 23 heavy (non-hydrogen) atoms. The third kappa shape index (κ3) is 2.95. The Labute approximate surface area is 136 Å². The van der Waals surface area contributed by atoms with Crippen LogP contribution in [0.5, 0.6) is 0 Å². The van der Waals surface area contributed by atoms with Gasteiger partial charge < -0.3 is 10.1 Å². The highest BCUT2D eigenvalue weighted by Crippen LogP contribution is 2.40. The lowest BCUT2D eigenvalue weighted by Crippen LogP contribution is -2.53. The first-order chi connectivity index (χ1) is 11.2. The molecule has 1 aromatic rings. The smallest absolute Gasteiger partial charge is 0.222 e. The number of anilines is 1. The molecule has 2 saturated carbocycles. The number of ether oxygens (including phenoxy) is 1. The van der Waals surface area contributed by atoms with Gasteiger partial charge in [-0.15, -0.1) is 0 Å². The molecule has 3 fully saturated rings. The first-order valence-electron chi connectivity index (χ1n) is 8.29. The SMILES string of the molecule is O=S(=O)(C1CC1)N1CCO[C@@H]2[C@H](CNc3ncccn3)CC[C@@H]21. The lowest BCUT2D eigenvalue weighted by atomic mass is 10.0. The van der Waals surface area contributed by atoms with E-state index in [1.807, 2.05) is 0 Å². The van der Waals surface area contributed by atoms with Crippen LogP contribution in [0.2, 0.25) is 0 Å². The van der Waals surface area contributed by atoms with Crippen LogP contribution >= 0.6 is 0 Å². The highest BCUT2D eigenvalue weighted by atomic mass is 32.2. The van der Waals surface area contributed by atoms with Gasteiger partial charge in [0.2, 0.25) is 16.0 Å². The van der Waals surface area contributed by atoms with Crippen LogP contribution < -0.4 is 5.32 Å². The minimum Gasteiger partial charge on any atom is -0.375 e. The van der Waals surface area contributed by atoms with Crippen molar-refractivity contribution in [3.05, 3.63) is 18.5 Å². The third-order valence-electron chi connectivity index (χ3n) is 5.03. The summed E-state index contributed by atoms with van der Waals surface area (Å²) in [6.45, 7) is 1.70. The third-order valence-corrected chi connectivity index (χ3v) is 7.45.